The Morgan fingerprint density at radius 2 is 1.71 bits per heavy atom. The van der Waals surface area contributed by atoms with E-state index in [-0.39, 0.29) is 16.6 Å². The molecule has 140 valence electrons. The molecule has 6 heteroatoms. The van der Waals surface area contributed by atoms with Crippen molar-refractivity contribution in [3.8, 4) is 11.5 Å². The number of aliphatic imine (C=N–C) groups is 2. The monoisotopic (exact) mass is 373 g/mol. The first-order valence-corrected chi connectivity index (χ1v) is 9.37. The summed E-state index contributed by atoms with van der Waals surface area (Å²) < 4.78 is 5.88. The number of hydrogen-bond donors (Lipinski definition) is 2. The molecule has 1 saturated carbocycles. The number of para-hydroxylation sites is 1. The van der Waals surface area contributed by atoms with Gasteiger partial charge in [0.2, 0.25) is 5.70 Å². The number of fused-ring (bicyclic) bond motifs is 1. The topological polar surface area (TPSA) is 80.2 Å². The number of aliphatic hydroxyl groups excluding tert-OH is 1. The molecule has 2 heterocycles. The summed E-state index contributed by atoms with van der Waals surface area (Å²) in [5, 5.41) is 9.70. The van der Waals surface area contributed by atoms with E-state index in [2.05, 4.69) is 4.99 Å². The SMILES string of the molecule is N[N+]12C=CN=CC1=C(C1CC(O)C1)N=C2c1ccc(Oc2ccccc2)cc1. The average molecular weight is 373 g/mol. The van der Waals surface area contributed by atoms with Gasteiger partial charge in [0, 0.05) is 5.92 Å². The summed E-state index contributed by atoms with van der Waals surface area (Å²) in [6.07, 6.45) is 6.51. The Bertz CT molecular complexity index is 1020. The lowest BCUT2D eigenvalue weighted by atomic mass is 9.79. The summed E-state index contributed by atoms with van der Waals surface area (Å²) in [5.74, 6) is 9.24. The lowest BCUT2D eigenvalue weighted by Gasteiger charge is -2.31. The second-order valence-corrected chi connectivity index (χ2v) is 7.32. The quantitative estimate of drug-likeness (QED) is 0.636. The number of ether oxygens (including phenoxy) is 1. The van der Waals surface area contributed by atoms with Crippen LogP contribution in [0.3, 0.4) is 0 Å². The van der Waals surface area contributed by atoms with Crippen LogP contribution in [0.4, 0.5) is 0 Å². The standard InChI is InChI=1S/C22H21N4O2/c23-26-11-10-24-14-20(26)21(16-12-17(27)13-16)25-22(26)15-6-8-19(9-7-15)28-18-4-2-1-3-5-18/h1-11,14,16-17,27H,12-13,23H2/q+1. The highest BCUT2D eigenvalue weighted by Crippen LogP contribution is 2.42. The minimum atomic E-state index is -0.248. The number of hydrogen-bond acceptors (Lipinski definition) is 5. The van der Waals surface area contributed by atoms with Crippen LogP contribution in [-0.4, -0.2) is 27.9 Å². The number of rotatable bonds is 4. The largest absolute Gasteiger partial charge is 0.457 e. The number of quaternary nitrogens is 1. The number of allylic oxidation sites excluding steroid dienone is 2. The summed E-state index contributed by atoms with van der Waals surface area (Å²) >= 11 is 0. The van der Waals surface area contributed by atoms with Gasteiger partial charge < -0.3 is 9.84 Å². The molecule has 6 nitrogen and oxygen atoms in total. The molecule has 1 aliphatic carbocycles. The third-order valence-corrected chi connectivity index (χ3v) is 5.41. The Hall–Kier alpha value is -3.06. The van der Waals surface area contributed by atoms with Gasteiger partial charge in [0.15, 0.2) is 0 Å². The fourth-order valence-electron chi connectivity index (χ4n) is 3.81. The molecular weight excluding hydrogens is 352 g/mol. The van der Waals surface area contributed by atoms with Crippen LogP contribution in [0.2, 0.25) is 0 Å². The number of aliphatic hydroxyl groups is 1. The maximum absolute atomic E-state index is 9.70. The van der Waals surface area contributed by atoms with Crippen LogP contribution in [0.5, 0.6) is 11.5 Å². The van der Waals surface area contributed by atoms with Gasteiger partial charge >= 0.3 is 0 Å². The fourth-order valence-corrected chi connectivity index (χ4v) is 3.81. The van der Waals surface area contributed by atoms with Crippen molar-refractivity contribution in [2.24, 2.45) is 21.7 Å². The molecule has 2 aromatic rings. The fraction of sp³-hybridized carbons (Fsp3) is 0.182. The van der Waals surface area contributed by atoms with E-state index in [1.165, 1.54) is 0 Å². The predicted molar refractivity (Wildman–Crippen MR) is 107 cm³/mol. The first-order chi connectivity index (χ1) is 13.6. The maximum atomic E-state index is 9.70. The molecule has 2 aromatic carbocycles. The second-order valence-electron chi connectivity index (χ2n) is 7.32. The van der Waals surface area contributed by atoms with Gasteiger partial charge in [0.25, 0.3) is 5.84 Å². The summed E-state index contributed by atoms with van der Waals surface area (Å²) in [4.78, 5) is 9.14. The Morgan fingerprint density at radius 3 is 2.43 bits per heavy atom. The maximum Gasteiger partial charge on any atom is 0.264 e. The van der Waals surface area contributed by atoms with Crippen molar-refractivity contribution in [2.75, 3.05) is 0 Å². The van der Waals surface area contributed by atoms with E-state index in [1.807, 2.05) is 60.8 Å². The number of nitrogens with zero attached hydrogens (tertiary/aromatic N) is 3. The van der Waals surface area contributed by atoms with E-state index in [0.717, 1.165) is 47.1 Å². The molecule has 0 bridgehead atoms. The van der Waals surface area contributed by atoms with E-state index in [1.54, 1.807) is 12.4 Å². The molecule has 1 fully saturated rings. The van der Waals surface area contributed by atoms with E-state index in [4.69, 9.17) is 15.6 Å². The zero-order valence-electron chi connectivity index (χ0n) is 15.3. The van der Waals surface area contributed by atoms with Crippen LogP contribution in [0.15, 0.2) is 88.4 Å². The summed E-state index contributed by atoms with van der Waals surface area (Å²) in [7, 11) is 0. The molecule has 0 saturated heterocycles. The third-order valence-electron chi connectivity index (χ3n) is 5.41. The van der Waals surface area contributed by atoms with Crippen molar-refractivity contribution in [2.45, 2.75) is 18.9 Å². The van der Waals surface area contributed by atoms with Crippen LogP contribution < -0.4 is 10.6 Å². The molecule has 1 unspecified atom stereocenters. The normalized spacial score (nSPS) is 28.0. The molecule has 3 N–H and O–H groups in total. The first kappa shape index (κ1) is 17.1. The van der Waals surface area contributed by atoms with Crippen molar-refractivity contribution >= 4 is 12.1 Å². The van der Waals surface area contributed by atoms with Crippen LogP contribution in [0.25, 0.3) is 0 Å². The summed E-state index contributed by atoms with van der Waals surface area (Å²) in [5.41, 5.74) is 2.73. The minimum Gasteiger partial charge on any atom is -0.457 e. The highest BCUT2D eigenvalue weighted by Gasteiger charge is 2.47. The third kappa shape index (κ3) is 2.79. The van der Waals surface area contributed by atoms with Crippen LogP contribution in [0, 0.1) is 5.92 Å². The van der Waals surface area contributed by atoms with Gasteiger partial charge in [0.1, 0.15) is 23.4 Å². The predicted octanol–water partition coefficient (Wildman–Crippen LogP) is 3.47. The van der Waals surface area contributed by atoms with Gasteiger partial charge in [-0.2, -0.15) is 10.8 Å². The van der Waals surface area contributed by atoms with Crippen LogP contribution >= 0.6 is 0 Å². The van der Waals surface area contributed by atoms with Gasteiger partial charge in [-0.3, -0.25) is 4.99 Å². The Morgan fingerprint density at radius 1 is 1.00 bits per heavy atom. The van der Waals surface area contributed by atoms with Gasteiger partial charge in [0.05, 0.1) is 24.1 Å². The number of amidine groups is 1. The molecule has 0 radical (unpaired) electrons. The van der Waals surface area contributed by atoms with Crippen molar-refractivity contribution < 1.29 is 14.4 Å². The summed E-state index contributed by atoms with van der Waals surface area (Å²) in [6, 6.07) is 17.5. The molecule has 28 heavy (non-hydrogen) atoms. The second kappa shape index (κ2) is 6.53. The molecule has 5 rings (SSSR count). The smallest absolute Gasteiger partial charge is 0.264 e. The molecule has 3 aliphatic rings. The Balaban J connectivity index is 1.45. The van der Waals surface area contributed by atoms with E-state index in [0.29, 0.717) is 0 Å². The first-order valence-electron chi connectivity index (χ1n) is 9.37. The van der Waals surface area contributed by atoms with Crippen LogP contribution in [0.1, 0.15) is 18.4 Å². The van der Waals surface area contributed by atoms with Gasteiger partial charge in [-0.15, -0.1) is 4.59 Å². The number of nitrogens with two attached hydrogens (primary N) is 1. The zero-order chi connectivity index (χ0) is 19.1. The molecule has 2 aliphatic heterocycles. The van der Waals surface area contributed by atoms with Gasteiger partial charge in [-0.25, -0.2) is 0 Å². The lowest BCUT2D eigenvalue weighted by molar-refractivity contribution is -0.750. The molecule has 1 atom stereocenters. The Kier molecular flexibility index (Phi) is 3.98. The molecule has 0 amide bonds. The van der Waals surface area contributed by atoms with Crippen molar-refractivity contribution in [1.82, 2.24) is 0 Å². The van der Waals surface area contributed by atoms with Crippen LogP contribution in [-0.2, 0) is 0 Å². The highest BCUT2D eigenvalue weighted by atomic mass is 16.5. The van der Waals surface area contributed by atoms with Crippen molar-refractivity contribution in [1.29, 1.82) is 0 Å². The zero-order valence-corrected chi connectivity index (χ0v) is 15.3. The van der Waals surface area contributed by atoms with Crippen molar-refractivity contribution in [3.63, 3.8) is 0 Å². The summed E-state index contributed by atoms with van der Waals surface area (Å²) in [6.45, 7) is 0. The average Bonchev–Trinajstić information content (AvgIpc) is 3.00. The highest BCUT2D eigenvalue weighted by molar-refractivity contribution is 6.00. The Labute approximate surface area is 163 Å². The minimum absolute atomic E-state index is 0.00428. The van der Waals surface area contributed by atoms with E-state index < -0.39 is 0 Å². The van der Waals surface area contributed by atoms with Gasteiger partial charge in [-0.1, -0.05) is 18.2 Å². The number of benzene rings is 2. The van der Waals surface area contributed by atoms with E-state index >= 15 is 0 Å². The molecular formula is C22H21N4O2+. The molecule has 0 spiro atoms. The van der Waals surface area contributed by atoms with Gasteiger partial charge in [-0.05, 0) is 49.2 Å². The van der Waals surface area contributed by atoms with E-state index in [9.17, 15) is 5.11 Å². The van der Waals surface area contributed by atoms with Crippen molar-refractivity contribution in [3.05, 3.63) is 84.0 Å². The molecule has 0 aromatic heterocycles. The lowest BCUT2D eigenvalue weighted by Crippen LogP contribution is -2.53.